The van der Waals surface area contributed by atoms with E-state index in [-0.39, 0.29) is 0 Å². The van der Waals surface area contributed by atoms with Gasteiger partial charge in [0.1, 0.15) is 0 Å². The highest BCUT2D eigenvalue weighted by Crippen LogP contribution is 2.35. The maximum Gasteiger partial charge on any atom is 0.311 e. The van der Waals surface area contributed by atoms with Crippen LogP contribution in [-0.2, 0) is 11.2 Å². The summed E-state index contributed by atoms with van der Waals surface area (Å²) in [5.74, 6) is -0.193. The minimum atomic E-state index is -0.845. The number of aromatic nitrogens is 2. The number of carbonyl (C=O) groups is 1. The fraction of sp³-hybridized carbons (Fsp3) is 0.353. The van der Waals surface area contributed by atoms with Gasteiger partial charge in [-0.05, 0) is 43.0 Å². The van der Waals surface area contributed by atoms with Gasteiger partial charge < -0.3 is 10.0 Å². The van der Waals surface area contributed by atoms with Crippen LogP contribution < -0.4 is 4.90 Å². The average molecular weight is 332 g/mol. The van der Waals surface area contributed by atoms with Crippen molar-refractivity contribution in [2.24, 2.45) is 5.41 Å². The van der Waals surface area contributed by atoms with Crippen LogP contribution in [0.1, 0.15) is 18.4 Å². The molecule has 23 heavy (non-hydrogen) atoms. The Labute approximate surface area is 139 Å². The van der Waals surface area contributed by atoms with Gasteiger partial charge in [0, 0.05) is 30.5 Å². The van der Waals surface area contributed by atoms with Crippen molar-refractivity contribution in [3.8, 4) is 0 Å². The lowest BCUT2D eigenvalue weighted by Crippen LogP contribution is -2.49. The molecule has 1 aromatic heterocycles. The number of hydrogen-bond acceptors (Lipinski definition) is 4. The first-order valence-corrected chi connectivity index (χ1v) is 7.97. The number of carboxylic acid groups (broad SMARTS) is 1. The molecule has 3 rings (SSSR count). The van der Waals surface area contributed by atoms with Gasteiger partial charge in [0.2, 0.25) is 5.95 Å². The number of piperidine rings is 1. The first-order valence-electron chi connectivity index (χ1n) is 7.59. The fourth-order valence-corrected chi connectivity index (χ4v) is 3.40. The predicted molar refractivity (Wildman–Crippen MR) is 88.7 cm³/mol. The van der Waals surface area contributed by atoms with Crippen LogP contribution in [0, 0.1) is 5.41 Å². The zero-order valence-electron chi connectivity index (χ0n) is 12.7. The van der Waals surface area contributed by atoms with Crippen LogP contribution in [0.25, 0.3) is 0 Å². The molecule has 1 aliphatic rings. The van der Waals surface area contributed by atoms with E-state index in [0.29, 0.717) is 30.4 Å². The van der Waals surface area contributed by atoms with Crippen molar-refractivity contribution in [2.75, 3.05) is 18.0 Å². The second-order valence-corrected chi connectivity index (χ2v) is 6.40. The Morgan fingerprint density at radius 2 is 2.09 bits per heavy atom. The summed E-state index contributed by atoms with van der Waals surface area (Å²) in [5.41, 5.74) is 0.0954. The van der Waals surface area contributed by atoms with Gasteiger partial charge in [0.25, 0.3) is 0 Å². The molecule has 5 nitrogen and oxygen atoms in total. The first kappa shape index (κ1) is 15.7. The second-order valence-electron chi connectivity index (χ2n) is 5.97. The van der Waals surface area contributed by atoms with Crippen LogP contribution in [0.5, 0.6) is 0 Å². The van der Waals surface area contributed by atoms with Crippen molar-refractivity contribution in [3.05, 3.63) is 53.3 Å². The Morgan fingerprint density at radius 3 is 2.78 bits per heavy atom. The SMILES string of the molecule is O=C(O)C1(Cc2cccc(Cl)c2)CCCN(c2ncccn2)C1. The predicted octanol–water partition coefficient (Wildman–Crippen LogP) is 3.04. The van der Waals surface area contributed by atoms with E-state index in [9.17, 15) is 9.90 Å². The molecule has 1 saturated heterocycles. The molecule has 6 heteroatoms. The molecular weight excluding hydrogens is 314 g/mol. The van der Waals surface area contributed by atoms with Crippen molar-refractivity contribution in [1.29, 1.82) is 0 Å². The number of aliphatic carboxylic acids is 1. The summed E-state index contributed by atoms with van der Waals surface area (Å²) in [6.07, 6.45) is 5.24. The quantitative estimate of drug-likeness (QED) is 0.932. The monoisotopic (exact) mass is 331 g/mol. The lowest BCUT2D eigenvalue weighted by atomic mass is 9.75. The zero-order valence-corrected chi connectivity index (χ0v) is 13.4. The van der Waals surface area contributed by atoms with E-state index in [2.05, 4.69) is 9.97 Å². The highest BCUT2D eigenvalue weighted by atomic mass is 35.5. The number of rotatable bonds is 4. The van der Waals surface area contributed by atoms with E-state index in [1.54, 1.807) is 24.5 Å². The van der Waals surface area contributed by atoms with Gasteiger partial charge in [-0.2, -0.15) is 0 Å². The van der Waals surface area contributed by atoms with Crippen molar-refractivity contribution in [3.63, 3.8) is 0 Å². The lowest BCUT2D eigenvalue weighted by Gasteiger charge is -2.40. The summed E-state index contributed by atoms with van der Waals surface area (Å²) in [6, 6.07) is 9.17. The normalized spacial score (nSPS) is 21.2. The van der Waals surface area contributed by atoms with Gasteiger partial charge in [0.05, 0.1) is 5.41 Å². The van der Waals surface area contributed by atoms with E-state index in [1.807, 2.05) is 23.1 Å². The fourth-order valence-electron chi connectivity index (χ4n) is 3.19. The molecule has 0 saturated carbocycles. The summed E-state index contributed by atoms with van der Waals surface area (Å²) in [7, 11) is 0. The molecule has 0 amide bonds. The maximum absolute atomic E-state index is 12.0. The Kier molecular flexibility index (Phi) is 4.48. The summed E-state index contributed by atoms with van der Waals surface area (Å²) >= 11 is 6.03. The van der Waals surface area contributed by atoms with Gasteiger partial charge in [-0.15, -0.1) is 0 Å². The Hall–Kier alpha value is -2.14. The molecule has 0 bridgehead atoms. The molecule has 0 radical (unpaired) electrons. The molecule has 1 fully saturated rings. The smallest absolute Gasteiger partial charge is 0.311 e. The van der Waals surface area contributed by atoms with Crippen molar-refractivity contribution >= 4 is 23.5 Å². The van der Waals surface area contributed by atoms with Crippen molar-refractivity contribution in [2.45, 2.75) is 19.3 Å². The molecule has 2 aromatic rings. The number of nitrogens with zero attached hydrogens (tertiary/aromatic N) is 3. The van der Waals surface area contributed by atoms with Gasteiger partial charge in [-0.3, -0.25) is 4.79 Å². The van der Waals surface area contributed by atoms with Gasteiger partial charge in [-0.25, -0.2) is 9.97 Å². The van der Waals surface area contributed by atoms with Crippen molar-refractivity contribution in [1.82, 2.24) is 9.97 Å². The first-order chi connectivity index (χ1) is 11.1. The molecule has 0 spiro atoms. The molecule has 1 N–H and O–H groups in total. The number of benzene rings is 1. The molecule has 1 atom stereocenters. The second kappa shape index (κ2) is 6.54. The standard InChI is InChI=1S/C17H18ClN3O2/c18-14-5-1-4-13(10-14)11-17(15(22)23)6-2-9-21(12-17)16-19-7-3-8-20-16/h1,3-5,7-8,10H,2,6,9,11-12H2,(H,22,23). The number of anilines is 1. The van der Waals surface area contributed by atoms with Gasteiger partial charge >= 0.3 is 5.97 Å². The van der Waals surface area contributed by atoms with Gasteiger partial charge in [0.15, 0.2) is 0 Å². The topological polar surface area (TPSA) is 66.3 Å². The van der Waals surface area contributed by atoms with Crippen molar-refractivity contribution < 1.29 is 9.90 Å². The van der Waals surface area contributed by atoms with Crippen LogP contribution in [0.2, 0.25) is 5.02 Å². The lowest BCUT2D eigenvalue weighted by molar-refractivity contribution is -0.149. The van der Waals surface area contributed by atoms with Crippen LogP contribution in [0.15, 0.2) is 42.7 Å². The van der Waals surface area contributed by atoms with E-state index >= 15 is 0 Å². The summed E-state index contributed by atoms with van der Waals surface area (Å²) in [5, 5.41) is 10.5. The van der Waals surface area contributed by atoms with Crippen LogP contribution in [0.4, 0.5) is 5.95 Å². The molecule has 1 unspecified atom stereocenters. The number of halogens is 1. The molecule has 1 aromatic carbocycles. The van der Waals surface area contributed by atoms with Crippen LogP contribution >= 0.6 is 11.6 Å². The van der Waals surface area contributed by atoms with E-state index < -0.39 is 11.4 Å². The maximum atomic E-state index is 12.0. The van der Waals surface area contributed by atoms with E-state index in [0.717, 1.165) is 18.5 Å². The molecular formula is C17H18ClN3O2. The molecule has 2 heterocycles. The summed E-state index contributed by atoms with van der Waals surface area (Å²) in [6.45, 7) is 1.17. The average Bonchev–Trinajstić information content (AvgIpc) is 2.56. The third-order valence-electron chi connectivity index (χ3n) is 4.30. The summed E-state index contributed by atoms with van der Waals surface area (Å²) < 4.78 is 0. The Morgan fingerprint density at radius 1 is 1.30 bits per heavy atom. The Balaban J connectivity index is 1.87. The van der Waals surface area contributed by atoms with E-state index in [4.69, 9.17) is 11.6 Å². The van der Waals surface area contributed by atoms with Crippen LogP contribution in [0.3, 0.4) is 0 Å². The minimum Gasteiger partial charge on any atom is -0.481 e. The van der Waals surface area contributed by atoms with E-state index in [1.165, 1.54) is 0 Å². The minimum absolute atomic E-state index is 0.402. The largest absolute Gasteiger partial charge is 0.481 e. The number of hydrogen-bond donors (Lipinski definition) is 1. The zero-order chi connectivity index (χ0) is 16.3. The third kappa shape index (κ3) is 3.45. The van der Waals surface area contributed by atoms with Crippen LogP contribution in [-0.4, -0.2) is 34.1 Å². The highest BCUT2D eigenvalue weighted by molar-refractivity contribution is 6.30. The Bertz CT molecular complexity index is 695. The number of carboxylic acids is 1. The highest BCUT2D eigenvalue weighted by Gasteiger charge is 2.43. The molecule has 0 aliphatic carbocycles. The summed E-state index contributed by atoms with van der Waals surface area (Å²) in [4.78, 5) is 22.5. The molecule has 1 aliphatic heterocycles. The molecule has 120 valence electrons. The van der Waals surface area contributed by atoms with Gasteiger partial charge in [-0.1, -0.05) is 23.7 Å². The third-order valence-corrected chi connectivity index (χ3v) is 4.53.